The smallest absolute Gasteiger partial charge is 0.410 e. The van der Waals surface area contributed by atoms with Gasteiger partial charge in [0, 0.05) is 36.8 Å². The molecule has 0 spiro atoms. The monoisotopic (exact) mass is 484 g/mol. The molecular formula is C21H29ClN4O7. The second kappa shape index (κ2) is 9.90. The van der Waals surface area contributed by atoms with Crippen molar-refractivity contribution in [2.45, 2.75) is 59.6 Å². The fourth-order valence-electron chi connectivity index (χ4n) is 3.72. The third-order valence-corrected chi connectivity index (χ3v) is 5.25. The summed E-state index contributed by atoms with van der Waals surface area (Å²) in [5.41, 5.74) is -1.99. The Morgan fingerprint density at radius 1 is 1.36 bits per heavy atom. The van der Waals surface area contributed by atoms with E-state index in [-0.39, 0.29) is 37.0 Å². The SMILES string of the molecule is CCOC(=O)C(=O)N(c1ncc(Cl)cc1[N+](=O)[O-])C1CCN(C(=O)OC(C)(C)C)CC1(C)C. The molecule has 1 aromatic rings. The van der Waals surface area contributed by atoms with Crippen molar-refractivity contribution in [3.05, 3.63) is 27.4 Å². The van der Waals surface area contributed by atoms with Gasteiger partial charge in [0.05, 0.1) is 16.6 Å². The van der Waals surface area contributed by atoms with Crippen molar-refractivity contribution in [1.29, 1.82) is 0 Å². The fourth-order valence-corrected chi connectivity index (χ4v) is 3.88. The molecule has 1 atom stereocenters. The molecule has 33 heavy (non-hydrogen) atoms. The van der Waals surface area contributed by atoms with Crippen LogP contribution in [-0.2, 0) is 19.1 Å². The van der Waals surface area contributed by atoms with E-state index in [1.165, 1.54) is 4.90 Å². The number of pyridine rings is 1. The van der Waals surface area contributed by atoms with Crippen molar-refractivity contribution in [2.75, 3.05) is 24.6 Å². The lowest BCUT2D eigenvalue weighted by Gasteiger charge is -2.47. The van der Waals surface area contributed by atoms with Gasteiger partial charge in [-0.1, -0.05) is 25.4 Å². The maximum absolute atomic E-state index is 13.1. The maximum Gasteiger partial charge on any atom is 0.410 e. The second-order valence-corrected chi connectivity index (χ2v) is 9.78. The summed E-state index contributed by atoms with van der Waals surface area (Å²) in [6.07, 6.45) is 0.879. The molecule has 0 bridgehead atoms. The topological polar surface area (TPSA) is 132 Å². The number of nitrogens with zero attached hydrogens (tertiary/aromatic N) is 4. The van der Waals surface area contributed by atoms with E-state index in [2.05, 4.69) is 4.98 Å². The van der Waals surface area contributed by atoms with E-state index in [1.54, 1.807) is 41.5 Å². The zero-order chi connectivity index (χ0) is 25.1. The van der Waals surface area contributed by atoms with Crippen molar-refractivity contribution in [2.24, 2.45) is 5.41 Å². The number of rotatable bonds is 4. The van der Waals surface area contributed by atoms with Crippen LogP contribution in [0.1, 0.15) is 48.0 Å². The summed E-state index contributed by atoms with van der Waals surface area (Å²) >= 11 is 5.89. The molecule has 1 fully saturated rings. The molecule has 0 N–H and O–H groups in total. The summed E-state index contributed by atoms with van der Waals surface area (Å²) in [7, 11) is 0. The third-order valence-electron chi connectivity index (χ3n) is 5.04. The first-order valence-corrected chi connectivity index (χ1v) is 10.8. The van der Waals surface area contributed by atoms with Crippen LogP contribution < -0.4 is 4.90 Å². The van der Waals surface area contributed by atoms with Gasteiger partial charge in [-0.25, -0.2) is 14.6 Å². The molecule has 0 saturated carbocycles. The van der Waals surface area contributed by atoms with E-state index < -0.39 is 45.6 Å². The Labute approximate surface area is 197 Å². The molecule has 1 aliphatic rings. The highest BCUT2D eigenvalue weighted by molar-refractivity contribution is 6.38. The molecular weight excluding hydrogens is 456 g/mol. The number of aromatic nitrogens is 1. The van der Waals surface area contributed by atoms with Gasteiger partial charge in [-0.05, 0) is 34.1 Å². The van der Waals surface area contributed by atoms with Gasteiger partial charge in [0.25, 0.3) is 0 Å². The van der Waals surface area contributed by atoms with E-state index in [9.17, 15) is 24.5 Å². The van der Waals surface area contributed by atoms with Crippen molar-refractivity contribution in [3.8, 4) is 0 Å². The van der Waals surface area contributed by atoms with Crippen LogP contribution in [0.3, 0.4) is 0 Å². The number of carbonyl (C=O) groups is 3. The third kappa shape index (κ3) is 6.31. The highest BCUT2D eigenvalue weighted by Gasteiger charge is 2.47. The molecule has 2 rings (SSSR count). The summed E-state index contributed by atoms with van der Waals surface area (Å²) in [6.45, 7) is 10.7. The van der Waals surface area contributed by atoms with Gasteiger partial charge in [-0.15, -0.1) is 0 Å². The average molecular weight is 485 g/mol. The molecule has 1 saturated heterocycles. The molecule has 0 aliphatic carbocycles. The molecule has 11 nitrogen and oxygen atoms in total. The number of amides is 2. The van der Waals surface area contributed by atoms with E-state index in [0.29, 0.717) is 0 Å². The minimum Gasteiger partial charge on any atom is -0.459 e. The van der Waals surface area contributed by atoms with Gasteiger partial charge in [-0.3, -0.25) is 19.8 Å². The average Bonchev–Trinajstić information content (AvgIpc) is 2.68. The van der Waals surface area contributed by atoms with E-state index in [0.717, 1.165) is 17.2 Å². The van der Waals surface area contributed by atoms with Crippen LogP contribution in [-0.4, -0.2) is 64.1 Å². The maximum atomic E-state index is 13.1. The van der Waals surface area contributed by atoms with Gasteiger partial charge in [0.15, 0.2) is 0 Å². The van der Waals surface area contributed by atoms with Gasteiger partial charge >= 0.3 is 23.7 Å². The first-order chi connectivity index (χ1) is 15.2. The van der Waals surface area contributed by atoms with Crippen LogP contribution in [0.5, 0.6) is 0 Å². The van der Waals surface area contributed by atoms with Crippen molar-refractivity contribution < 1.29 is 28.8 Å². The Morgan fingerprint density at radius 3 is 2.52 bits per heavy atom. The largest absolute Gasteiger partial charge is 0.459 e. The van der Waals surface area contributed by atoms with Crippen molar-refractivity contribution in [3.63, 3.8) is 0 Å². The molecule has 1 unspecified atom stereocenters. The van der Waals surface area contributed by atoms with Crippen LogP contribution >= 0.6 is 11.6 Å². The standard InChI is InChI=1S/C21H29ClN4O7/c1-7-32-18(28)17(27)25(16-14(26(30)31)10-13(22)11-23-16)15-8-9-24(12-21(15,5)6)19(29)33-20(2,3)4/h10-11,15H,7-9,12H2,1-6H3. The minimum absolute atomic E-state index is 0.00740. The van der Waals surface area contributed by atoms with E-state index in [1.807, 2.05) is 0 Å². The first-order valence-electron chi connectivity index (χ1n) is 10.5. The molecule has 0 aromatic carbocycles. The molecule has 0 radical (unpaired) electrons. The number of hydrogen-bond donors (Lipinski definition) is 0. The van der Waals surface area contributed by atoms with Crippen LogP contribution in [0.2, 0.25) is 5.02 Å². The molecule has 182 valence electrons. The molecule has 2 amide bonds. The number of esters is 1. The van der Waals surface area contributed by atoms with Gasteiger partial charge in [0.2, 0.25) is 5.82 Å². The van der Waals surface area contributed by atoms with E-state index >= 15 is 0 Å². The second-order valence-electron chi connectivity index (χ2n) is 9.34. The number of hydrogen-bond acceptors (Lipinski definition) is 8. The number of likely N-dealkylation sites (tertiary alicyclic amines) is 1. The Hall–Kier alpha value is -2.95. The fraction of sp³-hybridized carbons (Fsp3) is 0.619. The summed E-state index contributed by atoms with van der Waals surface area (Å²) in [6, 6.07) is 0.360. The molecule has 12 heteroatoms. The van der Waals surface area contributed by atoms with Crippen LogP contribution in [0, 0.1) is 15.5 Å². The highest BCUT2D eigenvalue weighted by atomic mass is 35.5. The summed E-state index contributed by atoms with van der Waals surface area (Å²) in [4.78, 5) is 55.6. The Bertz CT molecular complexity index is 945. The lowest BCUT2D eigenvalue weighted by Crippen LogP contribution is -2.60. The predicted molar refractivity (Wildman–Crippen MR) is 120 cm³/mol. The van der Waals surface area contributed by atoms with Crippen molar-refractivity contribution in [1.82, 2.24) is 9.88 Å². The van der Waals surface area contributed by atoms with Gasteiger partial charge < -0.3 is 14.4 Å². The normalized spacial score (nSPS) is 17.8. The molecule has 2 heterocycles. The number of anilines is 1. The van der Waals surface area contributed by atoms with E-state index in [4.69, 9.17) is 21.1 Å². The highest BCUT2D eigenvalue weighted by Crippen LogP contribution is 2.39. The number of carbonyl (C=O) groups excluding carboxylic acids is 3. The van der Waals surface area contributed by atoms with Crippen LogP contribution in [0.25, 0.3) is 0 Å². The van der Waals surface area contributed by atoms with Gasteiger partial charge in [-0.2, -0.15) is 0 Å². The molecule has 1 aromatic heterocycles. The Morgan fingerprint density at radius 2 is 2.00 bits per heavy atom. The molecule has 1 aliphatic heterocycles. The summed E-state index contributed by atoms with van der Waals surface area (Å²) < 4.78 is 10.3. The first kappa shape index (κ1) is 26.3. The lowest BCUT2D eigenvalue weighted by atomic mass is 9.78. The van der Waals surface area contributed by atoms with Crippen LogP contribution in [0.4, 0.5) is 16.3 Å². The minimum atomic E-state index is -1.16. The summed E-state index contributed by atoms with van der Waals surface area (Å²) in [5.74, 6) is -2.56. The zero-order valence-electron chi connectivity index (χ0n) is 19.6. The predicted octanol–water partition coefficient (Wildman–Crippen LogP) is 3.57. The number of ether oxygens (including phenoxy) is 2. The van der Waals surface area contributed by atoms with Crippen molar-refractivity contribution >= 4 is 41.1 Å². The quantitative estimate of drug-likeness (QED) is 0.274. The lowest BCUT2D eigenvalue weighted by molar-refractivity contribution is -0.384. The number of piperidine rings is 1. The Kier molecular flexibility index (Phi) is 7.89. The number of halogens is 1. The van der Waals surface area contributed by atoms with Crippen LogP contribution in [0.15, 0.2) is 12.3 Å². The van der Waals surface area contributed by atoms with Gasteiger partial charge in [0.1, 0.15) is 5.60 Å². The number of nitro groups is 1. The zero-order valence-corrected chi connectivity index (χ0v) is 20.3. The summed E-state index contributed by atoms with van der Waals surface area (Å²) in [5, 5.41) is 11.7. The Balaban J connectivity index is 2.49.